The van der Waals surface area contributed by atoms with Crippen LogP contribution >= 0.6 is 11.3 Å². The van der Waals surface area contributed by atoms with E-state index in [-0.39, 0.29) is 11.5 Å². The number of para-hydroxylation sites is 1. The van der Waals surface area contributed by atoms with Crippen LogP contribution in [-0.2, 0) is 4.79 Å². The molecule has 3 aromatic carbocycles. The summed E-state index contributed by atoms with van der Waals surface area (Å²) in [5, 5.41) is 2.97. The van der Waals surface area contributed by atoms with Gasteiger partial charge in [0.2, 0.25) is 0 Å². The molecule has 1 atom stereocenters. The first-order valence-corrected chi connectivity index (χ1v) is 13.8. The summed E-state index contributed by atoms with van der Waals surface area (Å²) in [5.74, 6) is 1.19. The fraction of sp³-hybridized carbons (Fsp3) is 0.219. The molecule has 2 heterocycles. The van der Waals surface area contributed by atoms with E-state index < -0.39 is 6.04 Å². The summed E-state index contributed by atoms with van der Waals surface area (Å²) in [5.41, 5.74) is 4.14. The van der Waals surface area contributed by atoms with Crippen molar-refractivity contribution in [1.82, 2.24) is 4.57 Å². The second-order valence-corrected chi connectivity index (χ2v) is 10.8. The maximum atomic E-state index is 14.0. The Bertz CT molecular complexity index is 1770. The molecule has 1 aliphatic rings. The van der Waals surface area contributed by atoms with Crippen molar-refractivity contribution in [2.45, 2.75) is 32.7 Å². The van der Waals surface area contributed by atoms with Crippen LogP contribution in [0.25, 0.3) is 6.08 Å². The van der Waals surface area contributed by atoms with Crippen molar-refractivity contribution in [3.8, 4) is 11.5 Å². The first-order chi connectivity index (χ1) is 19.3. The zero-order chi connectivity index (χ0) is 28.4. The van der Waals surface area contributed by atoms with Crippen molar-refractivity contribution in [1.29, 1.82) is 0 Å². The zero-order valence-electron chi connectivity index (χ0n) is 23.1. The molecule has 1 amide bonds. The summed E-state index contributed by atoms with van der Waals surface area (Å²) in [4.78, 5) is 33.0. The van der Waals surface area contributed by atoms with E-state index in [1.54, 1.807) is 37.8 Å². The molecule has 0 fully saturated rings. The van der Waals surface area contributed by atoms with Gasteiger partial charge >= 0.3 is 0 Å². The highest BCUT2D eigenvalue weighted by atomic mass is 32.1. The van der Waals surface area contributed by atoms with Crippen LogP contribution in [0.15, 0.2) is 93.9 Å². The summed E-state index contributed by atoms with van der Waals surface area (Å²) in [6.07, 6.45) is 1.87. The molecule has 204 valence electrons. The SMILES string of the molecule is COc1ccc([C@@H]2C(C(=O)Nc3ccccc3)=C(C)N=c3s/c(=C\c4ccc(C(C)C)cc4)c(=O)n32)c(OC)c1. The minimum atomic E-state index is -0.758. The van der Waals surface area contributed by atoms with E-state index in [4.69, 9.17) is 14.5 Å². The van der Waals surface area contributed by atoms with Crippen LogP contribution in [0.3, 0.4) is 0 Å². The minimum Gasteiger partial charge on any atom is -0.497 e. The Morgan fingerprint density at radius 2 is 1.75 bits per heavy atom. The number of ether oxygens (including phenoxy) is 2. The molecule has 0 unspecified atom stereocenters. The summed E-state index contributed by atoms with van der Waals surface area (Å²) in [7, 11) is 3.14. The zero-order valence-corrected chi connectivity index (χ0v) is 23.9. The van der Waals surface area contributed by atoms with E-state index in [0.29, 0.717) is 49.3 Å². The Balaban J connectivity index is 1.69. The number of hydrogen-bond acceptors (Lipinski definition) is 6. The average Bonchev–Trinajstić information content (AvgIpc) is 3.26. The standard InChI is InChI=1S/C32H31N3O4S/c1-19(2)22-13-11-21(12-14-22)17-27-31(37)35-29(25-16-15-24(38-4)18-26(25)39-5)28(20(3)33-32(35)40-27)30(36)34-23-9-7-6-8-10-23/h6-19,29H,1-5H3,(H,34,36)/b27-17-/t29-/m1/s1. The summed E-state index contributed by atoms with van der Waals surface area (Å²) in [6, 6.07) is 22.0. The van der Waals surface area contributed by atoms with Gasteiger partial charge in [-0.3, -0.25) is 14.2 Å². The fourth-order valence-electron chi connectivity index (χ4n) is 4.80. The Morgan fingerprint density at radius 1 is 1.02 bits per heavy atom. The molecule has 0 saturated carbocycles. The Kier molecular flexibility index (Phi) is 7.71. The largest absolute Gasteiger partial charge is 0.497 e. The lowest BCUT2D eigenvalue weighted by molar-refractivity contribution is -0.113. The second-order valence-electron chi connectivity index (χ2n) is 9.83. The molecule has 40 heavy (non-hydrogen) atoms. The highest BCUT2D eigenvalue weighted by Crippen LogP contribution is 2.37. The molecule has 1 N–H and O–H groups in total. The van der Waals surface area contributed by atoms with Gasteiger partial charge in [0, 0.05) is 17.3 Å². The van der Waals surface area contributed by atoms with Gasteiger partial charge < -0.3 is 14.8 Å². The van der Waals surface area contributed by atoms with Gasteiger partial charge in [-0.2, -0.15) is 0 Å². The van der Waals surface area contributed by atoms with Crippen LogP contribution in [0.1, 0.15) is 49.4 Å². The van der Waals surface area contributed by atoms with E-state index in [1.165, 1.54) is 16.9 Å². The van der Waals surface area contributed by atoms with E-state index in [2.05, 4.69) is 31.3 Å². The third-order valence-electron chi connectivity index (χ3n) is 6.93. The average molecular weight is 554 g/mol. The Labute approximate surface area is 236 Å². The molecular weight excluding hydrogens is 522 g/mol. The van der Waals surface area contributed by atoms with Crippen LogP contribution in [0.4, 0.5) is 5.69 Å². The normalized spacial score (nSPS) is 15.1. The number of aromatic nitrogens is 1. The van der Waals surface area contributed by atoms with Gasteiger partial charge in [-0.1, -0.05) is 67.6 Å². The number of nitrogens with one attached hydrogen (secondary N) is 1. The topological polar surface area (TPSA) is 81.9 Å². The molecule has 8 heteroatoms. The predicted molar refractivity (Wildman–Crippen MR) is 159 cm³/mol. The molecule has 0 spiro atoms. The van der Waals surface area contributed by atoms with E-state index in [0.717, 1.165) is 5.56 Å². The predicted octanol–water partition coefficient (Wildman–Crippen LogP) is 5.01. The third kappa shape index (κ3) is 5.22. The highest BCUT2D eigenvalue weighted by molar-refractivity contribution is 7.07. The van der Waals surface area contributed by atoms with Gasteiger partial charge in [-0.25, -0.2) is 4.99 Å². The summed E-state index contributed by atoms with van der Waals surface area (Å²) < 4.78 is 13.3. The third-order valence-corrected chi connectivity index (χ3v) is 7.92. The van der Waals surface area contributed by atoms with Gasteiger partial charge in [0.05, 0.1) is 30.0 Å². The number of methoxy groups -OCH3 is 2. The molecular formula is C32H31N3O4S. The van der Waals surface area contributed by atoms with Crippen molar-refractivity contribution >= 4 is 29.0 Å². The highest BCUT2D eigenvalue weighted by Gasteiger charge is 2.34. The van der Waals surface area contributed by atoms with Crippen LogP contribution < -0.4 is 29.7 Å². The van der Waals surface area contributed by atoms with E-state index in [9.17, 15) is 9.59 Å². The second kappa shape index (κ2) is 11.4. The van der Waals surface area contributed by atoms with Gasteiger partial charge in [0.1, 0.15) is 17.5 Å². The molecule has 7 nitrogen and oxygen atoms in total. The first-order valence-electron chi connectivity index (χ1n) is 13.0. The van der Waals surface area contributed by atoms with Crippen LogP contribution in [0, 0.1) is 0 Å². The summed E-state index contributed by atoms with van der Waals surface area (Å²) in [6.45, 7) is 6.09. The maximum absolute atomic E-state index is 14.0. The lowest BCUT2D eigenvalue weighted by Crippen LogP contribution is -2.40. The smallest absolute Gasteiger partial charge is 0.271 e. The molecule has 0 bridgehead atoms. The number of fused-ring (bicyclic) bond motifs is 1. The minimum absolute atomic E-state index is 0.225. The van der Waals surface area contributed by atoms with Crippen molar-refractivity contribution in [2.24, 2.45) is 4.99 Å². The van der Waals surface area contributed by atoms with Crippen LogP contribution in [0.5, 0.6) is 11.5 Å². The monoisotopic (exact) mass is 553 g/mol. The molecule has 4 aromatic rings. The van der Waals surface area contributed by atoms with Gasteiger partial charge in [0.15, 0.2) is 4.80 Å². The number of amides is 1. The fourth-order valence-corrected chi connectivity index (χ4v) is 5.85. The molecule has 1 aliphatic heterocycles. The number of rotatable bonds is 7. The number of nitrogens with zero attached hydrogens (tertiary/aromatic N) is 2. The number of benzene rings is 3. The lowest BCUT2D eigenvalue weighted by Gasteiger charge is -2.26. The number of hydrogen-bond donors (Lipinski definition) is 1. The molecule has 1 aromatic heterocycles. The summed E-state index contributed by atoms with van der Waals surface area (Å²) >= 11 is 1.31. The Hall–Kier alpha value is -4.43. The quantitative estimate of drug-likeness (QED) is 0.349. The van der Waals surface area contributed by atoms with Crippen LogP contribution in [0.2, 0.25) is 0 Å². The van der Waals surface area contributed by atoms with Gasteiger partial charge in [0.25, 0.3) is 11.5 Å². The van der Waals surface area contributed by atoms with Crippen molar-refractivity contribution < 1.29 is 14.3 Å². The number of carbonyl (C=O) groups excluding carboxylic acids is 1. The van der Waals surface area contributed by atoms with E-state index >= 15 is 0 Å². The molecule has 5 rings (SSSR count). The molecule has 0 aliphatic carbocycles. The van der Waals surface area contributed by atoms with Crippen molar-refractivity contribution in [3.63, 3.8) is 0 Å². The Morgan fingerprint density at radius 3 is 2.40 bits per heavy atom. The maximum Gasteiger partial charge on any atom is 0.271 e. The number of thiazole rings is 1. The molecule has 0 saturated heterocycles. The van der Waals surface area contributed by atoms with Crippen molar-refractivity contribution in [2.75, 3.05) is 19.5 Å². The number of anilines is 1. The van der Waals surface area contributed by atoms with Gasteiger partial charge in [-0.05, 0) is 54.3 Å². The van der Waals surface area contributed by atoms with E-state index in [1.807, 2.05) is 54.6 Å². The van der Waals surface area contributed by atoms with Crippen molar-refractivity contribution in [3.05, 3.63) is 120 Å². The number of allylic oxidation sites excluding steroid dienone is 1. The van der Waals surface area contributed by atoms with Crippen LogP contribution in [-0.4, -0.2) is 24.7 Å². The lowest BCUT2D eigenvalue weighted by atomic mass is 9.94. The number of carbonyl (C=O) groups is 1. The first kappa shape index (κ1) is 27.1. The van der Waals surface area contributed by atoms with Gasteiger partial charge in [-0.15, -0.1) is 0 Å². The molecule has 0 radical (unpaired) electrons.